The third kappa shape index (κ3) is 5.27. The third-order valence-corrected chi connectivity index (χ3v) is 4.57. The van der Waals surface area contributed by atoms with Crippen LogP contribution in [0.1, 0.15) is 15.9 Å². The molecule has 11 heteroatoms. The van der Waals surface area contributed by atoms with Crippen molar-refractivity contribution in [2.24, 2.45) is 0 Å². The van der Waals surface area contributed by atoms with Gasteiger partial charge in [-0.1, -0.05) is 11.6 Å². The fourth-order valence-corrected chi connectivity index (χ4v) is 2.84. The second kappa shape index (κ2) is 9.15. The van der Waals surface area contributed by atoms with Crippen molar-refractivity contribution >= 4 is 28.9 Å². The highest BCUT2D eigenvalue weighted by Gasteiger charge is 2.31. The van der Waals surface area contributed by atoms with Crippen LogP contribution in [0, 0.1) is 10.1 Å². The van der Waals surface area contributed by atoms with Gasteiger partial charge < -0.3 is 14.8 Å². The van der Waals surface area contributed by atoms with Gasteiger partial charge in [-0.2, -0.15) is 13.2 Å². The lowest BCUT2D eigenvalue weighted by Gasteiger charge is -2.15. The number of nitro groups is 1. The van der Waals surface area contributed by atoms with E-state index in [1.54, 1.807) is 12.1 Å². The summed E-state index contributed by atoms with van der Waals surface area (Å²) in [7, 11) is 1.47. The highest BCUT2D eigenvalue weighted by Crippen LogP contribution is 2.37. The molecule has 0 spiro atoms. The first-order valence-corrected chi connectivity index (χ1v) is 9.24. The zero-order valence-corrected chi connectivity index (χ0v) is 17.0. The van der Waals surface area contributed by atoms with Crippen LogP contribution in [0.5, 0.6) is 17.2 Å². The van der Waals surface area contributed by atoms with Gasteiger partial charge in [-0.05, 0) is 54.6 Å². The standard InChI is InChI=1S/C21H14ClF3N2O5/c1-31-14-4-6-15(7-5-14)32-19-9-3-13(21(23,24)25)11-17(19)26-20(28)12-2-8-16(22)18(10-12)27(29)30/h2-11H,1H3,(H,26,28). The molecule has 7 nitrogen and oxygen atoms in total. The van der Waals surface area contributed by atoms with Crippen molar-refractivity contribution in [2.45, 2.75) is 6.18 Å². The summed E-state index contributed by atoms with van der Waals surface area (Å²) in [6.07, 6.45) is -4.67. The number of carbonyl (C=O) groups excluding carboxylic acids is 1. The lowest BCUT2D eigenvalue weighted by molar-refractivity contribution is -0.384. The number of nitrogens with one attached hydrogen (secondary N) is 1. The SMILES string of the molecule is COc1ccc(Oc2ccc(C(F)(F)F)cc2NC(=O)c2ccc(Cl)c([N+](=O)[O-])c2)cc1. The minimum absolute atomic E-state index is 0.0695. The van der Waals surface area contributed by atoms with Gasteiger partial charge in [-0.3, -0.25) is 14.9 Å². The van der Waals surface area contributed by atoms with E-state index in [0.29, 0.717) is 11.8 Å². The zero-order chi connectivity index (χ0) is 23.5. The highest BCUT2D eigenvalue weighted by molar-refractivity contribution is 6.32. The van der Waals surface area contributed by atoms with Crippen LogP contribution in [0.3, 0.4) is 0 Å². The zero-order valence-electron chi connectivity index (χ0n) is 16.3. The highest BCUT2D eigenvalue weighted by atomic mass is 35.5. The van der Waals surface area contributed by atoms with Gasteiger partial charge in [0.05, 0.1) is 23.3 Å². The van der Waals surface area contributed by atoms with Crippen molar-refractivity contribution in [1.82, 2.24) is 0 Å². The van der Waals surface area contributed by atoms with Crippen molar-refractivity contribution in [3.8, 4) is 17.2 Å². The molecule has 32 heavy (non-hydrogen) atoms. The molecule has 0 radical (unpaired) electrons. The summed E-state index contributed by atoms with van der Waals surface area (Å²) in [5, 5.41) is 13.2. The molecule has 0 heterocycles. The van der Waals surface area contributed by atoms with Crippen molar-refractivity contribution in [2.75, 3.05) is 12.4 Å². The molecule has 0 unspecified atom stereocenters. The molecule has 0 aliphatic heterocycles. The second-order valence-corrected chi connectivity index (χ2v) is 6.77. The Bertz CT molecular complexity index is 1170. The van der Waals surface area contributed by atoms with Gasteiger partial charge in [-0.15, -0.1) is 0 Å². The molecule has 0 saturated carbocycles. The Kier molecular flexibility index (Phi) is 6.54. The smallest absolute Gasteiger partial charge is 0.416 e. The van der Waals surface area contributed by atoms with E-state index in [9.17, 15) is 28.1 Å². The Balaban J connectivity index is 1.96. The quantitative estimate of drug-likeness (QED) is 0.339. The Morgan fingerprint density at radius 1 is 1.03 bits per heavy atom. The lowest BCUT2D eigenvalue weighted by Crippen LogP contribution is -2.14. The number of methoxy groups -OCH3 is 1. The van der Waals surface area contributed by atoms with E-state index in [0.717, 1.165) is 24.3 Å². The number of amides is 1. The number of halogens is 4. The first kappa shape index (κ1) is 22.9. The largest absolute Gasteiger partial charge is 0.497 e. The average Bonchev–Trinajstić information content (AvgIpc) is 2.74. The Morgan fingerprint density at radius 3 is 2.28 bits per heavy atom. The van der Waals surface area contributed by atoms with Crippen molar-refractivity contribution in [1.29, 1.82) is 0 Å². The predicted octanol–water partition coefficient (Wildman–Crippen LogP) is 6.32. The third-order valence-electron chi connectivity index (χ3n) is 4.25. The maximum Gasteiger partial charge on any atom is 0.416 e. The van der Waals surface area contributed by atoms with Crippen LogP contribution < -0.4 is 14.8 Å². The van der Waals surface area contributed by atoms with Crippen molar-refractivity contribution in [3.63, 3.8) is 0 Å². The van der Waals surface area contributed by atoms with Crippen LogP contribution in [0.2, 0.25) is 5.02 Å². The van der Waals surface area contributed by atoms with E-state index in [2.05, 4.69) is 5.32 Å². The Hall–Kier alpha value is -3.79. The predicted molar refractivity (Wildman–Crippen MR) is 111 cm³/mol. The minimum Gasteiger partial charge on any atom is -0.497 e. The molecule has 0 fully saturated rings. The minimum atomic E-state index is -4.67. The molecule has 0 aliphatic rings. The van der Waals surface area contributed by atoms with E-state index in [1.165, 1.54) is 25.3 Å². The number of carbonyl (C=O) groups is 1. The number of hydrogen-bond donors (Lipinski definition) is 1. The average molecular weight is 467 g/mol. The molecular weight excluding hydrogens is 453 g/mol. The summed E-state index contributed by atoms with van der Waals surface area (Å²) in [6, 6.07) is 12.1. The van der Waals surface area contributed by atoms with Crippen LogP contribution >= 0.6 is 11.6 Å². The Labute approximate surface area is 184 Å². The fourth-order valence-electron chi connectivity index (χ4n) is 2.65. The summed E-state index contributed by atoms with van der Waals surface area (Å²) in [5.74, 6) is -0.130. The Morgan fingerprint density at radius 2 is 1.69 bits per heavy atom. The molecule has 0 atom stereocenters. The van der Waals surface area contributed by atoms with Gasteiger partial charge in [0.1, 0.15) is 16.5 Å². The van der Waals surface area contributed by atoms with Crippen LogP contribution in [0.4, 0.5) is 24.5 Å². The molecule has 3 aromatic carbocycles. The van der Waals surface area contributed by atoms with E-state index >= 15 is 0 Å². The number of rotatable bonds is 6. The number of anilines is 1. The van der Waals surface area contributed by atoms with Gasteiger partial charge >= 0.3 is 6.18 Å². The van der Waals surface area contributed by atoms with Gasteiger partial charge in [-0.25, -0.2) is 0 Å². The van der Waals surface area contributed by atoms with Crippen LogP contribution in [-0.4, -0.2) is 17.9 Å². The molecule has 3 aromatic rings. The van der Waals surface area contributed by atoms with Crippen LogP contribution in [0.25, 0.3) is 0 Å². The monoisotopic (exact) mass is 466 g/mol. The number of benzene rings is 3. The lowest BCUT2D eigenvalue weighted by atomic mass is 10.1. The number of hydrogen-bond acceptors (Lipinski definition) is 5. The summed E-state index contributed by atoms with van der Waals surface area (Å²) >= 11 is 5.74. The molecule has 3 rings (SSSR count). The molecule has 1 amide bonds. The van der Waals surface area contributed by atoms with Crippen LogP contribution in [-0.2, 0) is 6.18 Å². The van der Waals surface area contributed by atoms with Gasteiger partial charge in [0.15, 0.2) is 5.75 Å². The van der Waals surface area contributed by atoms with Gasteiger partial charge in [0, 0.05) is 11.6 Å². The molecule has 0 saturated heterocycles. The number of ether oxygens (including phenoxy) is 2. The summed E-state index contributed by atoms with van der Waals surface area (Å²) in [5.41, 5.74) is -1.98. The van der Waals surface area contributed by atoms with Gasteiger partial charge in [0.2, 0.25) is 0 Å². The second-order valence-electron chi connectivity index (χ2n) is 6.36. The van der Waals surface area contributed by atoms with E-state index in [4.69, 9.17) is 21.1 Å². The maximum atomic E-state index is 13.2. The molecule has 166 valence electrons. The number of nitrogens with zero attached hydrogens (tertiary/aromatic N) is 1. The first-order valence-electron chi connectivity index (χ1n) is 8.87. The van der Waals surface area contributed by atoms with E-state index < -0.39 is 28.3 Å². The number of alkyl halides is 3. The summed E-state index contributed by atoms with van der Waals surface area (Å²) < 4.78 is 50.3. The maximum absolute atomic E-state index is 13.2. The van der Waals surface area contributed by atoms with Gasteiger partial charge in [0.25, 0.3) is 11.6 Å². The molecule has 0 aromatic heterocycles. The number of nitro benzene ring substituents is 1. The molecule has 0 bridgehead atoms. The van der Waals surface area contributed by atoms with E-state index in [1.807, 2.05) is 0 Å². The van der Waals surface area contributed by atoms with Crippen LogP contribution in [0.15, 0.2) is 60.7 Å². The fraction of sp³-hybridized carbons (Fsp3) is 0.0952. The molecule has 0 aliphatic carbocycles. The van der Waals surface area contributed by atoms with E-state index in [-0.39, 0.29) is 27.8 Å². The summed E-state index contributed by atoms with van der Waals surface area (Å²) in [4.78, 5) is 22.9. The van der Waals surface area contributed by atoms with Crippen molar-refractivity contribution in [3.05, 3.63) is 86.9 Å². The topological polar surface area (TPSA) is 90.7 Å². The summed E-state index contributed by atoms with van der Waals surface area (Å²) in [6.45, 7) is 0. The molecular formula is C21H14ClF3N2O5. The van der Waals surface area contributed by atoms with Crippen molar-refractivity contribution < 1.29 is 32.4 Å². The first-order chi connectivity index (χ1) is 15.1. The normalized spacial score (nSPS) is 11.0. The molecule has 1 N–H and O–H groups in total.